The summed E-state index contributed by atoms with van der Waals surface area (Å²) in [5.74, 6) is 0. The fourth-order valence-electron chi connectivity index (χ4n) is 2.52. The van der Waals surface area contributed by atoms with Gasteiger partial charge < -0.3 is 10.3 Å². The van der Waals surface area contributed by atoms with E-state index in [2.05, 4.69) is 40.8 Å². The van der Waals surface area contributed by atoms with E-state index in [1.54, 1.807) is 0 Å². The highest BCUT2D eigenvalue weighted by atomic mass is 35.5. The first kappa shape index (κ1) is 12.3. The summed E-state index contributed by atoms with van der Waals surface area (Å²) in [6.45, 7) is 0. The lowest BCUT2D eigenvalue weighted by Gasteiger charge is -2.17. The van der Waals surface area contributed by atoms with Crippen LogP contribution in [0.2, 0.25) is 5.02 Å². The van der Waals surface area contributed by atoms with Crippen molar-refractivity contribution in [3.05, 3.63) is 70.9 Å². The molecular formula is C16H15ClN2. The number of nitrogens with one attached hydrogen (secondary N) is 2. The number of rotatable bonds is 3. The van der Waals surface area contributed by atoms with Crippen LogP contribution in [0.1, 0.15) is 17.2 Å². The molecule has 0 aliphatic carbocycles. The third-order valence-corrected chi connectivity index (χ3v) is 3.78. The van der Waals surface area contributed by atoms with Crippen molar-refractivity contribution in [2.24, 2.45) is 0 Å². The zero-order valence-corrected chi connectivity index (χ0v) is 11.4. The summed E-state index contributed by atoms with van der Waals surface area (Å²) in [7, 11) is 1.95. The molecule has 3 aromatic rings. The number of benzene rings is 2. The molecule has 2 N–H and O–H groups in total. The maximum absolute atomic E-state index is 6.32. The molecule has 0 spiro atoms. The van der Waals surface area contributed by atoms with E-state index in [-0.39, 0.29) is 6.04 Å². The van der Waals surface area contributed by atoms with Gasteiger partial charge in [-0.3, -0.25) is 0 Å². The van der Waals surface area contributed by atoms with Crippen molar-refractivity contribution in [3.8, 4) is 0 Å². The van der Waals surface area contributed by atoms with E-state index in [9.17, 15) is 0 Å². The van der Waals surface area contributed by atoms with Gasteiger partial charge in [-0.05, 0) is 30.3 Å². The first-order valence-corrected chi connectivity index (χ1v) is 6.67. The molecule has 0 radical (unpaired) electrons. The molecule has 3 heteroatoms. The highest BCUT2D eigenvalue weighted by Gasteiger charge is 2.17. The molecule has 0 saturated heterocycles. The maximum Gasteiger partial charge on any atom is 0.0610 e. The second-order valence-electron chi connectivity index (χ2n) is 4.53. The molecule has 0 aliphatic rings. The molecule has 0 saturated carbocycles. The van der Waals surface area contributed by atoms with Crippen LogP contribution in [0.25, 0.3) is 10.9 Å². The molecule has 0 amide bonds. The van der Waals surface area contributed by atoms with Crippen LogP contribution in [0.4, 0.5) is 0 Å². The fraction of sp³-hybridized carbons (Fsp3) is 0.125. The lowest BCUT2D eigenvalue weighted by molar-refractivity contribution is 0.697. The van der Waals surface area contributed by atoms with Gasteiger partial charge in [0.25, 0.3) is 0 Å². The fourth-order valence-corrected chi connectivity index (χ4v) is 2.77. The number of hydrogen-bond acceptors (Lipinski definition) is 1. The van der Waals surface area contributed by atoms with Gasteiger partial charge in [0.15, 0.2) is 0 Å². The Balaban J connectivity index is 2.15. The van der Waals surface area contributed by atoms with Gasteiger partial charge in [0.1, 0.15) is 0 Å². The average Bonchev–Trinajstić information content (AvgIpc) is 2.86. The molecule has 1 heterocycles. The first-order valence-electron chi connectivity index (χ1n) is 6.29. The van der Waals surface area contributed by atoms with Crippen molar-refractivity contribution < 1.29 is 0 Å². The summed E-state index contributed by atoms with van der Waals surface area (Å²) < 4.78 is 0. The van der Waals surface area contributed by atoms with Crippen LogP contribution in [0.15, 0.2) is 54.7 Å². The number of aromatic nitrogens is 1. The molecular weight excluding hydrogens is 256 g/mol. The number of H-pyrrole nitrogens is 1. The standard InChI is InChI=1S/C16H15ClN2/c1-18-16(12-7-2-4-8-14(12)17)13-10-19-15-9-5-3-6-11(13)15/h2-10,16,18-19H,1H3. The number of aromatic amines is 1. The SMILES string of the molecule is CNC(c1ccccc1Cl)c1c[nH]c2ccccc12. The van der Waals surface area contributed by atoms with Crippen LogP contribution in [0, 0.1) is 0 Å². The summed E-state index contributed by atoms with van der Waals surface area (Å²) in [5, 5.41) is 5.36. The smallest absolute Gasteiger partial charge is 0.0610 e. The van der Waals surface area contributed by atoms with Crippen molar-refractivity contribution in [2.75, 3.05) is 7.05 Å². The van der Waals surface area contributed by atoms with E-state index in [4.69, 9.17) is 11.6 Å². The molecule has 2 nitrogen and oxygen atoms in total. The van der Waals surface area contributed by atoms with Crippen molar-refractivity contribution >= 4 is 22.5 Å². The Morgan fingerprint density at radius 1 is 1.00 bits per heavy atom. The Morgan fingerprint density at radius 3 is 2.53 bits per heavy atom. The largest absolute Gasteiger partial charge is 0.361 e. The van der Waals surface area contributed by atoms with Gasteiger partial charge >= 0.3 is 0 Å². The van der Waals surface area contributed by atoms with E-state index in [0.717, 1.165) is 16.1 Å². The molecule has 0 bridgehead atoms. The molecule has 96 valence electrons. The Bertz CT molecular complexity index is 703. The zero-order chi connectivity index (χ0) is 13.2. The molecule has 19 heavy (non-hydrogen) atoms. The van der Waals surface area contributed by atoms with E-state index in [1.165, 1.54) is 10.9 Å². The van der Waals surface area contributed by atoms with E-state index >= 15 is 0 Å². The second kappa shape index (κ2) is 5.08. The number of para-hydroxylation sites is 1. The normalized spacial score (nSPS) is 12.7. The molecule has 1 aromatic heterocycles. The van der Waals surface area contributed by atoms with E-state index in [1.807, 2.05) is 31.3 Å². The lowest BCUT2D eigenvalue weighted by Crippen LogP contribution is -2.17. The Kier molecular flexibility index (Phi) is 3.28. The average molecular weight is 271 g/mol. The van der Waals surface area contributed by atoms with Crippen LogP contribution < -0.4 is 5.32 Å². The first-order chi connectivity index (χ1) is 9.31. The van der Waals surface area contributed by atoms with E-state index < -0.39 is 0 Å². The topological polar surface area (TPSA) is 27.8 Å². The molecule has 2 aromatic carbocycles. The highest BCUT2D eigenvalue weighted by Crippen LogP contribution is 2.32. The molecule has 1 unspecified atom stereocenters. The summed E-state index contributed by atoms with van der Waals surface area (Å²) >= 11 is 6.32. The minimum absolute atomic E-state index is 0.0878. The number of fused-ring (bicyclic) bond motifs is 1. The van der Waals surface area contributed by atoms with Crippen molar-refractivity contribution in [1.29, 1.82) is 0 Å². The van der Waals surface area contributed by atoms with Crippen LogP contribution in [-0.2, 0) is 0 Å². The number of halogens is 1. The quantitative estimate of drug-likeness (QED) is 0.736. The summed E-state index contributed by atoms with van der Waals surface area (Å²) in [4.78, 5) is 3.31. The Morgan fingerprint density at radius 2 is 1.74 bits per heavy atom. The van der Waals surface area contributed by atoms with Crippen LogP contribution in [0.3, 0.4) is 0 Å². The van der Waals surface area contributed by atoms with Crippen molar-refractivity contribution in [1.82, 2.24) is 10.3 Å². The van der Waals surface area contributed by atoms with E-state index in [0.29, 0.717) is 0 Å². The second-order valence-corrected chi connectivity index (χ2v) is 4.94. The number of hydrogen-bond donors (Lipinski definition) is 2. The summed E-state index contributed by atoms with van der Waals surface area (Å²) in [5.41, 5.74) is 3.45. The summed E-state index contributed by atoms with van der Waals surface area (Å²) in [6.07, 6.45) is 2.05. The van der Waals surface area contributed by atoms with Crippen LogP contribution in [0.5, 0.6) is 0 Å². The van der Waals surface area contributed by atoms with Gasteiger partial charge in [0, 0.05) is 22.1 Å². The Labute approximate surface area is 117 Å². The highest BCUT2D eigenvalue weighted by molar-refractivity contribution is 6.31. The molecule has 1 atom stereocenters. The third kappa shape index (κ3) is 2.14. The zero-order valence-electron chi connectivity index (χ0n) is 10.7. The maximum atomic E-state index is 6.32. The lowest BCUT2D eigenvalue weighted by atomic mass is 9.98. The van der Waals surface area contributed by atoms with Gasteiger partial charge in [0.2, 0.25) is 0 Å². The van der Waals surface area contributed by atoms with Crippen LogP contribution in [-0.4, -0.2) is 12.0 Å². The van der Waals surface area contributed by atoms with Crippen molar-refractivity contribution in [3.63, 3.8) is 0 Å². The van der Waals surface area contributed by atoms with Gasteiger partial charge in [-0.15, -0.1) is 0 Å². The van der Waals surface area contributed by atoms with Gasteiger partial charge in [-0.1, -0.05) is 48.0 Å². The minimum Gasteiger partial charge on any atom is -0.361 e. The molecule has 3 rings (SSSR count). The molecule has 0 aliphatic heterocycles. The van der Waals surface area contributed by atoms with Gasteiger partial charge in [-0.25, -0.2) is 0 Å². The van der Waals surface area contributed by atoms with Gasteiger partial charge in [0.05, 0.1) is 6.04 Å². The molecule has 0 fully saturated rings. The van der Waals surface area contributed by atoms with Crippen LogP contribution >= 0.6 is 11.6 Å². The minimum atomic E-state index is 0.0878. The monoisotopic (exact) mass is 270 g/mol. The predicted octanol–water partition coefficient (Wildman–Crippen LogP) is 4.13. The Hall–Kier alpha value is -1.77. The predicted molar refractivity (Wildman–Crippen MR) is 80.7 cm³/mol. The summed E-state index contributed by atoms with van der Waals surface area (Å²) in [6, 6.07) is 16.3. The van der Waals surface area contributed by atoms with Gasteiger partial charge in [-0.2, -0.15) is 0 Å². The van der Waals surface area contributed by atoms with Crippen molar-refractivity contribution in [2.45, 2.75) is 6.04 Å². The third-order valence-electron chi connectivity index (χ3n) is 3.44.